The van der Waals surface area contributed by atoms with Crippen LogP contribution in [0.25, 0.3) is 0 Å². The second-order valence-electron chi connectivity index (χ2n) is 6.48. The van der Waals surface area contributed by atoms with E-state index < -0.39 is 11.5 Å². The van der Waals surface area contributed by atoms with Crippen LogP contribution in [-0.4, -0.2) is 43.0 Å². The van der Waals surface area contributed by atoms with Gasteiger partial charge in [-0.2, -0.15) is 5.26 Å². The predicted octanol–water partition coefficient (Wildman–Crippen LogP) is 1.61. The van der Waals surface area contributed by atoms with Crippen molar-refractivity contribution in [3.8, 4) is 6.07 Å². The van der Waals surface area contributed by atoms with Crippen molar-refractivity contribution in [2.75, 3.05) is 20.7 Å². The first kappa shape index (κ1) is 18.0. The number of nitriles is 1. The maximum Gasteiger partial charge on any atom is 0.341 e. The van der Waals surface area contributed by atoms with Gasteiger partial charge in [0.25, 0.3) is 0 Å². The number of rotatable bonds is 7. The monoisotopic (exact) mass is 333 g/mol. The van der Waals surface area contributed by atoms with Crippen molar-refractivity contribution in [3.63, 3.8) is 0 Å². The highest BCUT2D eigenvalue weighted by molar-refractivity contribution is 5.90. The van der Waals surface area contributed by atoms with Gasteiger partial charge in [0.05, 0.1) is 26.3 Å². The molecule has 24 heavy (non-hydrogen) atoms. The van der Waals surface area contributed by atoms with E-state index in [1.165, 1.54) is 7.11 Å². The Bertz CT molecular complexity index is 672. The second-order valence-corrected chi connectivity index (χ2v) is 6.48. The van der Waals surface area contributed by atoms with Gasteiger partial charge in [-0.05, 0) is 45.7 Å². The Morgan fingerprint density at radius 1 is 1.54 bits per heavy atom. The second kappa shape index (κ2) is 7.05. The van der Waals surface area contributed by atoms with E-state index in [-0.39, 0.29) is 18.4 Å². The third kappa shape index (κ3) is 4.15. The summed E-state index contributed by atoms with van der Waals surface area (Å²) in [7, 11) is 3.09. The largest absolute Gasteiger partial charge is 0.465 e. The average Bonchev–Trinajstić information content (AvgIpc) is 3.31. The molecule has 1 N–H and O–H groups in total. The molecule has 1 saturated carbocycles. The SMILES string of the molecule is COC(=O)c1cc(CN(C)CC(=O)NC(C)(C#N)C2CC2)oc1C. The number of nitrogens with zero attached hydrogens (tertiary/aromatic N) is 2. The first-order valence-electron chi connectivity index (χ1n) is 7.87. The number of hydrogen-bond donors (Lipinski definition) is 1. The lowest BCUT2D eigenvalue weighted by Crippen LogP contribution is -2.49. The Morgan fingerprint density at radius 2 is 2.21 bits per heavy atom. The summed E-state index contributed by atoms with van der Waals surface area (Å²) in [6, 6.07) is 3.83. The number of ether oxygens (including phenoxy) is 1. The predicted molar refractivity (Wildman–Crippen MR) is 86.0 cm³/mol. The molecule has 0 spiro atoms. The molecule has 1 fully saturated rings. The van der Waals surface area contributed by atoms with Gasteiger partial charge in [0, 0.05) is 0 Å². The molecule has 1 amide bonds. The van der Waals surface area contributed by atoms with Gasteiger partial charge in [-0.3, -0.25) is 9.69 Å². The van der Waals surface area contributed by atoms with Gasteiger partial charge in [-0.25, -0.2) is 4.79 Å². The minimum atomic E-state index is -0.794. The molecule has 1 heterocycles. The smallest absolute Gasteiger partial charge is 0.341 e. The maximum atomic E-state index is 12.2. The molecule has 1 aromatic heterocycles. The summed E-state index contributed by atoms with van der Waals surface area (Å²) in [6.07, 6.45) is 1.95. The molecule has 0 bridgehead atoms. The van der Waals surface area contributed by atoms with E-state index in [1.807, 2.05) is 0 Å². The van der Waals surface area contributed by atoms with Gasteiger partial charge < -0.3 is 14.5 Å². The normalized spacial score (nSPS) is 16.3. The van der Waals surface area contributed by atoms with Crippen LogP contribution in [0.2, 0.25) is 0 Å². The molecule has 1 aliphatic carbocycles. The summed E-state index contributed by atoms with van der Waals surface area (Å²) in [4.78, 5) is 25.5. The van der Waals surface area contributed by atoms with E-state index in [0.717, 1.165) is 12.8 Å². The van der Waals surface area contributed by atoms with Crippen LogP contribution in [0.15, 0.2) is 10.5 Å². The van der Waals surface area contributed by atoms with Gasteiger partial charge in [0.1, 0.15) is 22.6 Å². The van der Waals surface area contributed by atoms with Crippen LogP contribution in [0.3, 0.4) is 0 Å². The van der Waals surface area contributed by atoms with Crippen molar-refractivity contribution < 1.29 is 18.7 Å². The molecular weight excluding hydrogens is 310 g/mol. The van der Waals surface area contributed by atoms with E-state index in [0.29, 0.717) is 23.6 Å². The number of carbonyl (C=O) groups excluding carboxylic acids is 2. The quantitative estimate of drug-likeness (QED) is 0.762. The highest BCUT2D eigenvalue weighted by atomic mass is 16.5. The molecule has 7 heteroatoms. The van der Waals surface area contributed by atoms with Gasteiger partial charge in [-0.15, -0.1) is 0 Å². The molecule has 1 unspecified atom stereocenters. The molecule has 1 aliphatic rings. The summed E-state index contributed by atoms with van der Waals surface area (Å²) >= 11 is 0. The Balaban J connectivity index is 1.91. The first-order valence-corrected chi connectivity index (χ1v) is 7.87. The van der Waals surface area contributed by atoms with Crippen LogP contribution in [0.5, 0.6) is 0 Å². The fourth-order valence-corrected chi connectivity index (χ4v) is 2.71. The van der Waals surface area contributed by atoms with Crippen LogP contribution in [0.1, 0.15) is 41.6 Å². The molecular formula is C17H23N3O4. The molecule has 7 nitrogen and oxygen atoms in total. The lowest BCUT2D eigenvalue weighted by Gasteiger charge is -2.24. The number of methoxy groups -OCH3 is 1. The Kier molecular flexibility index (Phi) is 5.30. The summed E-state index contributed by atoms with van der Waals surface area (Å²) < 4.78 is 10.2. The fourth-order valence-electron chi connectivity index (χ4n) is 2.71. The Morgan fingerprint density at radius 3 is 2.75 bits per heavy atom. The van der Waals surface area contributed by atoms with Gasteiger partial charge in [0.2, 0.25) is 5.91 Å². The molecule has 0 aliphatic heterocycles. The average molecular weight is 333 g/mol. The molecule has 0 aromatic carbocycles. The highest BCUT2D eigenvalue weighted by Gasteiger charge is 2.43. The number of hydrogen-bond acceptors (Lipinski definition) is 6. The standard InChI is InChI=1S/C17H23N3O4/c1-11-14(16(22)23-4)7-13(24-11)8-20(3)9-15(21)19-17(2,10-18)12-5-6-12/h7,12H,5-6,8-9H2,1-4H3,(H,19,21). The molecule has 1 atom stereocenters. The summed E-state index contributed by atoms with van der Waals surface area (Å²) in [5, 5.41) is 12.1. The zero-order valence-corrected chi connectivity index (χ0v) is 14.5. The zero-order chi connectivity index (χ0) is 17.9. The molecule has 1 aromatic rings. The molecule has 2 rings (SSSR count). The molecule has 130 valence electrons. The van der Waals surface area contributed by atoms with Gasteiger partial charge in [-0.1, -0.05) is 0 Å². The van der Waals surface area contributed by atoms with E-state index in [1.54, 1.807) is 31.9 Å². The number of carbonyl (C=O) groups is 2. The minimum absolute atomic E-state index is 0.136. The number of nitrogens with one attached hydrogen (secondary N) is 1. The van der Waals surface area contributed by atoms with Crippen LogP contribution in [-0.2, 0) is 16.1 Å². The van der Waals surface area contributed by atoms with Crippen LogP contribution in [0, 0.1) is 24.2 Å². The van der Waals surface area contributed by atoms with Crippen molar-refractivity contribution in [2.45, 2.75) is 38.8 Å². The van der Waals surface area contributed by atoms with E-state index in [4.69, 9.17) is 4.42 Å². The number of aryl methyl sites for hydroxylation is 1. The zero-order valence-electron chi connectivity index (χ0n) is 14.5. The fraction of sp³-hybridized carbons (Fsp3) is 0.588. The number of likely N-dealkylation sites (N-methyl/N-ethyl adjacent to an activating group) is 1. The van der Waals surface area contributed by atoms with Crippen LogP contribution < -0.4 is 5.32 Å². The van der Waals surface area contributed by atoms with Gasteiger partial charge in [0.15, 0.2) is 0 Å². The van der Waals surface area contributed by atoms with E-state index in [2.05, 4.69) is 16.1 Å². The Hall–Kier alpha value is -2.33. The maximum absolute atomic E-state index is 12.2. The first-order chi connectivity index (χ1) is 11.3. The molecule has 0 saturated heterocycles. The summed E-state index contributed by atoms with van der Waals surface area (Å²) in [5.74, 6) is 0.656. The third-order valence-electron chi connectivity index (χ3n) is 4.24. The van der Waals surface area contributed by atoms with Crippen molar-refractivity contribution in [2.24, 2.45) is 5.92 Å². The number of amides is 1. The lowest BCUT2D eigenvalue weighted by atomic mass is 9.98. The van der Waals surface area contributed by atoms with Crippen LogP contribution in [0.4, 0.5) is 0 Å². The number of esters is 1. The topological polar surface area (TPSA) is 95.6 Å². The van der Waals surface area contributed by atoms with Crippen molar-refractivity contribution in [3.05, 3.63) is 23.2 Å². The van der Waals surface area contributed by atoms with Crippen molar-refractivity contribution in [1.82, 2.24) is 10.2 Å². The third-order valence-corrected chi connectivity index (χ3v) is 4.24. The van der Waals surface area contributed by atoms with Crippen molar-refractivity contribution in [1.29, 1.82) is 5.26 Å². The Labute approximate surface area is 141 Å². The van der Waals surface area contributed by atoms with E-state index >= 15 is 0 Å². The lowest BCUT2D eigenvalue weighted by molar-refractivity contribution is -0.123. The van der Waals surface area contributed by atoms with Gasteiger partial charge >= 0.3 is 5.97 Å². The summed E-state index contributed by atoms with van der Waals surface area (Å²) in [5.41, 5.74) is -0.409. The van der Waals surface area contributed by atoms with Crippen molar-refractivity contribution >= 4 is 11.9 Å². The minimum Gasteiger partial charge on any atom is -0.465 e. The summed E-state index contributed by atoms with van der Waals surface area (Å²) in [6.45, 7) is 3.97. The highest BCUT2D eigenvalue weighted by Crippen LogP contribution is 2.39. The van der Waals surface area contributed by atoms with E-state index in [9.17, 15) is 14.9 Å². The number of furan rings is 1. The van der Waals surface area contributed by atoms with Crippen LogP contribution >= 0.6 is 0 Å². The molecule has 0 radical (unpaired) electrons.